The fraction of sp³-hybridized carbons (Fsp3) is 0.385. The Kier molecular flexibility index (Phi) is 6.46. The molecule has 190 valence electrons. The minimum absolute atomic E-state index is 0.302. The molecule has 3 heterocycles. The van der Waals surface area contributed by atoms with E-state index in [0.29, 0.717) is 60.9 Å². The van der Waals surface area contributed by atoms with Crippen molar-refractivity contribution in [2.75, 3.05) is 51.3 Å². The first-order valence-corrected chi connectivity index (χ1v) is 11.7. The molecular formula is C26H30N4O6. The molecule has 0 amide bonds. The maximum atomic E-state index is 11.0. The van der Waals surface area contributed by atoms with Gasteiger partial charge in [-0.3, -0.25) is 0 Å². The SMILES string of the molecule is COc1ccc(OC)c2c1CN(c1nccc(N3Cc4c(OC)ccc(OC)c4[C@@H](O)C3)n1)C[C@H]2O. The summed E-state index contributed by atoms with van der Waals surface area (Å²) in [6.45, 7) is 1.58. The molecule has 0 spiro atoms. The molecular weight excluding hydrogens is 464 g/mol. The highest BCUT2D eigenvalue weighted by atomic mass is 16.5. The Labute approximate surface area is 209 Å². The fourth-order valence-corrected chi connectivity index (χ4v) is 5.15. The molecule has 2 aliphatic heterocycles. The molecule has 2 N–H and O–H groups in total. The second kappa shape index (κ2) is 9.71. The molecule has 0 bridgehead atoms. The van der Waals surface area contributed by atoms with E-state index in [4.69, 9.17) is 23.9 Å². The van der Waals surface area contributed by atoms with Gasteiger partial charge in [0.05, 0.1) is 48.1 Å². The summed E-state index contributed by atoms with van der Waals surface area (Å²) in [5.74, 6) is 3.74. The van der Waals surface area contributed by atoms with Crippen LogP contribution in [0.25, 0.3) is 0 Å². The highest BCUT2D eigenvalue weighted by molar-refractivity contribution is 5.58. The van der Waals surface area contributed by atoms with E-state index in [2.05, 4.69) is 4.98 Å². The molecule has 10 heteroatoms. The second-order valence-electron chi connectivity index (χ2n) is 8.73. The van der Waals surface area contributed by atoms with Gasteiger partial charge in [0.15, 0.2) is 0 Å². The largest absolute Gasteiger partial charge is 0.496 e. The number of ether oxygens (including phenoxy) is 4. The monoisotopic (exact) mass is 494 g/mol. The van der Waals surface area contributed by atoms with Crippen LogP contribution in [0.4, 0.5) is 11.8 Å². The van der Waals surface area contributed by atoms with Crippen LogP contribution < -0.4 is 28.7 Å². The third-order valence-corrected chi connectivity index (χ3v) is 6.81. The summed E-state index contributed by atoms with van der Waals surface area (Å²) in [6, 6.07) is 9.09. The van der Waals surface area contributed by atoms with Gasteiger partial charge >= 0.3 is 0 Å². The number of aliphatic hydroxyl groups excluding tert-OH is 2. The Morgan fingerprint density at radius 2 is 1.17 bits per heavy atom. The lowest BCUT2D eigenvalue weighted by molar-refractivity contribution is 0.169. The van der Waals surface area contributed by atoms with Crippen molar-refractivity contribution < 1.29 is 29.2 Å². The van der Waals surface area contributed by atoms with Gasteiger partial charge in [-0.05, 0) is 30.3 Å². The van der Waals surface area contributed by atoms with Crippen molar-refractivity contribution in [2.45, 2.75) is 25.3 Å². The number of hydrogen-bond acceptors (Lipinski definition) is 10. The maximum Gasteiger partial charge on any atom is 0.227 e. The van der Waals surface area contributed by atoms with Crippen LogP contribution in [0.15, 0.2) is 36.5 Å². The van der Waals surface area contributed by atoms with Gasteiger partial charge in [-0.1, -0.05) is 0 Å². The third-order valence-electron chi connectivity index (χ3n) is 6.81. The number of anilines is 2. The molecule has 0 radical (unpaired) electrons. The van der Waals surface area contributed by atoms with Gasteiger partial charge < -0.3 is 39.0 Å². The summed E-state index contributed by atoms with van der Waals surface area (Å²) in [5, 5.41) is 22.0. The van der Waals surface area contributed by atoms with Crippen LogP contribution in [0, 0.1) is 0 Å². The van der Waals surface area contributed by atoms with Gasteiger partial charge in [-0.15, -0.1) is 0 Å². The van der Waals surface area contributed by atoms with Crippen molar-refractivity contribution in [1.29, 1.82) is 0 Å². The summed E-state index contributed by atoms with van der Waals surface area (Å²) in [7, 11) is 6.39. The van der Waals surface area contributed by atoms with Gasteiger partial charge in [0.1, 0.15) is 41.0 Å². The molecule has 2 aliphatic rings. The number of aromatic nitrogens is 2. The van der Waals surface area contributed by atoms with E-state index in [9.17, 15) is 10.2 Å². The first-order valence-electron chi connectivity index (χ1n) is 11.7. The van der Waals surface area contributed by atoms with E-state index in [1.54, 1.807) is 40.7 Å². The molecule has 5 rings (SSSR count). The molecule has 0 aliphatic carbocycles. The summed E-state index contributed by atoms with van der Waals surface area (Å²) in [6.07, 6.45) is 0.108. The van der Waals surface area contributed by atoms with Crippen LogP contribution in [0.2, 0.25) is 0 Å². The number of aliphatic hydroxyl groups is 2. The number of β-amino-alcohol motifs (C(OH)–C–C–N with tert-alkyl or cyclic N) is 2. The lowest BCUT2D eigenvalue weighted by Crippen LogP contribution is -2.37. The van der Waals surface area contributed by atoms with Crippen molar-refractivity contribution in [3.8, 4) is 23.0 Å². The van der Waals surface area contributed by atoms with Gasteiger partial charge in [0, 0.05) is 35.0 Å². The van der Waals surface area contributed by atoms with E-state index < -0.39 is 12.2 Å². The Hall–Kier alpha value is -3.76. The van der Waals surface area contributed by atoms with Crippen LogP contribution in [-0.2, 0) is 13.1 Å². The highest BCUT2D eigenvalue weighted by Crippen LogP contribution is 2.42. The molecule has 2 atom stereocenters. The standard InChI is InChI=1S/C26H30N4O6/c1-33-19-5-7-21(35-3)24-15(19)11-29(13-17(24)31)23-9-10-27-26(28-23)30-12-16-20(34-2)6-8-22(36-4)25(16)18(32)14-30/h5-10,17-18,31-32H,11-14H2,1-4H3/t17-,18+/m0/s1. The van der Waals surface area contributed by atoms with Crippen LogP contribution in [0.1, 0.15) is 34.5 Å². The average molecular weight is 495 g/mol. The summed E-state index contributed by atoms with van der Waals surface area (Å²) in [4.78, 5) is 13.2. The van der Waals surface area contributed by atoms with Crippen LogP contribution in [0.3, 0.4) is 0 Å². The number of methoxy groups -OCH3 is 4. The van der Waals surface area contributed by atoms with Crippen molar-refractivity contribution in [3.05, 3.63) is 58.8 Å². The normalized spacial score (nSPS) is 18.8. The van der Waals surface area contributed by atoms with E-state index in [-0.39, 0.29) is 0 Å². The second-order valence-corrected chi connectivity index (χ2v) is 8.73. The number of benzene rings is 2. The lowest BCUT2D eigenvalue weighted by Gasteiger charge is -2.36. The minimum Gasteiger partial charge on any atom is -0.496 e. The fourth-order valence-electron chi connectivity index (χ4n) is 5.15. The smallest absolute Gasteiger partial charge is 0.227 e. The molecule has 3 aromatic rings. The zero-order valence-corrected chi connectivity index (χ0v) is 20.8. The Morgan fingerprint density at radius 3 is 1.69 bits per heavy atom. The first-order chi connectivity index (χ1) is 17.5. The average Bonchev–Trinajstić information content (AvgIpc) is 2.91. The predicted octanol–water partition coefficient (Wildman–Crippen LogP) is 2.62. The van der Waals surface area contributed by atoms with E-state index in [1.165, 1.54) is 0 Å². The zero-order valence-electron chi connectivity index (χ0n) is 20.8. The van der Waals surface area contributed by atoms with Gasteiger partial charge in [-0.25, -0.2) is 4.98 Å². The summed E-state index contributed by atoms with van der Waals surface area (Å²) >= 11 is 0. The lowest BCUT2D eigenvalue weighted by atomic mass is 9.95. The van der Waals surface area contributed by atoms with Gasteiger partial charge in [0.2, 0.25) is 5.95 Å². The number of nitrogens with zero attached hydrogens (tertiary/aromatic N) is 4. The maximum absolute atomic E-state index is 11.0. The topological polar surface area (TPSA) is 110 Å². The summed E-state index contributed by atoms with van der Waals surface area (Å²) in [5.41, 5.74) is 3.15. The Morgan fingerprint density at radius 1 is 0.694 bits per heavy atom. The third kappa shape index (κ3) is 4.02. The zero-order chi connectivity index (χ0) is 25.4. The van der Waals surface area contributed by atoms with Gasteiger partial charge in [0.25, 0.3) is 0 Å². The van der Waals surface area contributed by atoms with E-state index >= 15 is 0 Å². The number of rotatable bonds is 6. The molecule has 1 aromatic heterocycles. The first kappa shape index (κ1) is 24.0. The Balaban J connectivity index is 1.47. The van der Waals surface area contributed by atoms with Crippen molar-refractivity contribution in [2.24, 2.45) is 0 Å². The molecule has 0 saturated carbocycles. The van der Waals surface area contributed by atoms with Crippen LogP contribution >= 0.6 is 0 Å². The van der Waals surface area contributed by atoms with Crippen LogP contribution in [0.5, 0.6) is 23.0 Å². The van der Waals surface area contributed by atoms with Crippen molar-refractivity contribution in [1.82, 2.24) is 9.97 Å². The number of fused-ring (bicyclic) bond motifs is 2. The van der Waals surface area contributed by atoms with Crippen molar-refractivity contribution in [3.63, 3.8) is 0 Å². The molecule has 10 nitrogen and oxygen atoms in total. The highest BCUT2D eigenvalue weighted by Gasteiger charge is 2.33. The number of hydrogen-bond donors (Lipinski definition) is 2. The van der Waals surface area contributed by atoms with E-state index in [1.807, 2.05) is 34.1 Å². The van der Waals surface area contributed by atoms with E-state index in [0.717, 1.165) is 22.3 Å². The predicted molar refractivity (Wildman–Crippen MR) is 133 cm³/mol. The van der Waals surface area contributed by atoms with Gasteiger partial charge in [-0.2, -0.15) is 4.98 Å². The molecule has 0 unspecified atom stereocenters. The summed E-state index contributed by atoms with van der Waals surface area (Å²) < 4.78 is 22.1. The Bertz CT molecular complexity index is 1180. The van der Waals surface area contributed by atoms with Crippen molar-refractivity contribution >= 4 is 11.8 Å². The molecule has 0 fully saturated rings. The molecule has 36 heavy (non-hydrogen) atoms. The van der Waals surface area contributed by atoms with Crippen LogP contribution in [-0.4, -0.2) is 61.7 Å². The molecule has 0 saturated heterocycles. The minimum atomic E-state index is -0.800. The quantitative estimate of drug-likeness (QED) is 0.531. The molecule has 2 aromatic carbocycles.